The van der Waals surface area contributed by atoms with Gasteiger partial charge in [0.15, 0.2) is 11.9 Å². The van der Waals surface area contributed by atoms with E-state index in [0.717, 1.165) is 53.9 Å². The molecule has 8 heteroatoms. The number of aryl methyl sites for hydroxylation is 1. The zero-order valence-electron chi connectivity index (χ0n) is 22.3. The molecule has 1 aliphatic rings. The molecular formula is C29H38O8. The van der Waals surface area contributed by atoms with Crippen LogP contribution in [-0.4, -0.2) is 57.0 Å². The average Bonchev–Trinajstić information content (AvgIpc) is 2.93. The molecule has 2 aromatic rings. The maximum Gasteiger partial charge on any atom is 0.347 e. The van der Waals surface area contributed by atoms with Gasteiger partial charge in [-0.1, -0.05) is 32.8 Å². The van der Waals surface area contributed by atoms with Crippen molar-refractivity contribution in [3.05, 3.63) is 46.5 Å². The van der Waals surface area contributed by atoms with Crippen LogP contribution in [0, 0.1) is 0 Å². The van der Waals surface area contributed by atoms with E-state index < -0.39 is 12.7 Å². The average molecular weight is 515 g/mol. The SMILES string of the molecule is CCCc1c(OCCCOc2ccc(C(=O)CO)c(OC)c2CCC)ccc2c1OC(C(=O)OC)CC2. The van der Waals surface area contributed by atoms with Gasteiger partial charge >= 0.3 is 5.97 Å². The number of Topliss-reactive ketones (excluding diaryl/α,β-unsaturated/α-hetero) is 1. The van der Waals surface area contributed by atoms with E-state index in [1.54, 1.807) is 12.1 Å². The first kappa shape index (κ1) is 28.3. The number of aliphatic hydroxyl groups excluding tert-OH is 1. The third kappa shape index (κ3) is 6.74. The van der Waals surface area contributed by atoms with E-state index in [2.05, 4.69) is 6.92 Å². The van der Waals surface area contributed by atoms with Crippen LogP contribution < -0.4 is 18.9 Å². The van der Waals surface area contributed by atoms with Crippen LogP contribution in [0.2, 0.25) is 0 Å². The number of carbonyl (C=O) groups is 2. The molecule has 0 aliphatic carbocycles. The molecular weight excluding hydrogens is 476 g/mol. The Balaban J connectivity index is 1.66. The predicted molar refractivity (Wildman–Crippen MR) is 139 cm³/mol. The highest BCUT2D eigenvalue weighted by Crippen LogP contribution is 2.38. The van der Waals surface area contributed by atoms with E-state index in [1.165, 1.54) is 14.2 Å². The summed E-state index contributed by atoms with van der Waals surface area (Å²) in [6.07, 6.45) is 4.63. The molecule has 0 amide bonds. The summed E-state index contributed by atoms with van der Waals surface area (Å²) in [5, 5.41) is 9.28. The monoisotopic (exact) mass is 514 g/mol. The van der Waals surface area contributed by atoms with Crippen molar-refractivity contribution in [2.75, 3.05) is 34.0 Å². The second kappa shape index (κ2) is 13.9. The van der Waals surface area contributed by atoms with Crippen molar-refractivity contribution in [1.82, 2.24) is 0 Å². The first-order chi connectivity index (χ1) is 18.0. The van der Waals surface area contributed by atoms with Crippen molar-refractivity contribution >= 4 is 11.8 Å². The quantitative estimate of drug-likeness (QED) is 0.224. The van der Waals surface area contributed by atoms with E-state index in [-0.39, 0.29) is 11.8 Å². The lowest BCUT2D eigenvalue weighted by Gasteiger charge is -2.27. The van der Waals surface area contributed by atoms with Gasteiger partial charge in [-0.15, -0.1) is 0 Å². The van der Waals surface area contributed by atoms with Crippen molar-refractivity contribution in [2.45, 2.75) is 64.9 Å². The zero-order valence-corrected chi connectivity index (χ0v) is 22.3. The lowest BCUT2D eigenvalue weighted by molar-refractivity contribution is -0.149. The maximum atomic E-state index is 12.1. The molecule has 1 N–H and O–H groups in total. The number of rotatable bonds is 14. The van der Waals surface area contributed by atoms with Crippen LogP contribution in [0.15, 0.2) is 24.3 Å². The molecule has 0 spiro atoms. The lowest BCUT2D eigenvalue weighted by Crippen LogP contribution is -2.32. The van der Waals surface area contributed by atoms with Gasteiger partial charge in [-0.2, -0.15) is 0 Å². The third-order valence-electron chi connectivity index (χ3n) is 6.37. The number of benzene rings is 2. The topological polar surface area (TPSA) is 101 Å². The van der Waals surface area contributed by atoms with Gasteiger partial charge in [0.2, 0.25) is 0 Å². The van der Waals surface area contributed by atoms with Crippen LogP contribution in [0.5, 0.6) is 23.0 Å². The Morgan fingerprint density at radius 2 is 1.62 bits per heavy atom. The lowest BCUT2D eigenvalue weighted by atomic mass is 9.96. The molecule has 202 valence electrons. The normalized spacial score (nSPS) is 14.4. The van der Waals surface area contributed by atoms with Crippen LogP contribution in [0.4, 0.5) is 0 Å². The van der Waals surface area contributed by atoms with Crippen molar-refractivity contribution in [1.29, 1.82) is 0 Å². The highest BCUT2D eigenvalue weighted by molar-refractivity contribution is 6.00. The second-order valence-corrected chi connectivity index (χ2v) is 8.95. The summed E-state index contributed by atoms with van der Waals surface area (Å²) >= 11 is 0. The zero-order chi connectivity index (χ0) is 26.8. The Morgan fingerprint density at radius 3 is 2.24 bits per heavy atom. The Bertz CT molecular complexity index is 1080. The standard InChI is InChI=1S/C29H38O8/c1-5-8-21-24(13-10-19-11-14-26(29(32)34-4)37-27(19)21)35-16-7-17-36-25-15-12-20(23(31)18-30)28(33-3)22(25)9-6-2/h10,12-13,15,26,30H,5-9,11,14,16-18H2,1-4H3. The molecule has 0 fully saturated rings. The van der Waals surface area contributed by atoms with Crippen molar-refractivity contribution in [2.24, 2.45) is 0 Å². The Morgan fingerprint density at radius 1 is 0.973 bits per heavy atom. The van der Waals surface area contributed by atoms with Gasteiger partial charge in [-0.25, -0.2) is 4.79 Å². The molecule has 0 radical (unpaired) electrons. The summed E-state index contributed by atoms with van der Waals surface area (Å²) in [5.41, 5.74) is 3.24. The first-order valence-electron chi connectivity index (χ1n) is 13.0. The molecule has 0 aromatic heterocycles. The minimum absolute atomic E-state index is 0.357. The van der Waals surface area contributed by atoms with Gasteiger partial charge in [-0.3, -0.25) is 4.79 Å². The third-order valence-corrected chi connectivity index (χ3v) is 6.37. The number of hydrogen-bond acceptors (Lipinski definition) is 8. The number of aliphatic hydroxyl groups is 1. The fraction of sp³-hybridized carbons (Fsp3) is 0.517. The highest BCUT2D eigenvalue weighted by atomic mass is 16.6. The van der Waals surface area contributed by atoms with E-state index in [4.69, 9.17) is 23.7 Å². The Labute approximate surface area is 218 Å². The molecule has 2 aromatic carbocycles. The van der Waals surface area contributed by atoms with Crippen LogP contribution in [-0.2, 0) is 28.8 Å². The summed E-state index contributed by atoms with van der Waals surface area (Å²) < 4.78 is 28.6. The molecule has 0 bridgehead atoms. The van der Waals surface area contributed by atoms with Gasteiger partial charge < -0.3 is 28.8 Å². The fourth-order valence-corrected chi connectivity index (χ4v) is 4.60. The number of ketones is 1. The number of hydrogen-bond donors (Lipinski definition) is 1. The van der Waals surface area contributed by atoms with E-state index >= 15 is 0 Å². The van der Waals surface area contributed by atoms with E-state index in [1.807, 2.05) is 19.1 Å². The number of ether oxygens (including phenoxy) is 5. The van der Waals surface area contributed by atoms with Crippen molar-refractivity contribution in [3.63, 3.8) is 0 Å². The van der Waals surface area contributed by atoms with Gasteiger partial charge in [0, 0.05) is 17.5 Å². The van der Waals surface area contributed by atoms with Crippen LogP contribution >= 0.6 is 0 Å². The van der Waals surface area contributed by atoms with E-state index in [0.29, 0.717) is 49.5 Å². The molecule has 1 unspecified atom stereocenters. The van der Waals surface area contributed by atoms with Gasteiger partial charge in [0.05, 0.1) is 33.0 Å². The first-order valence-corrected chi connectivity index (χ1v) is 13.0. The van der Waals surface area contributed by atoms with Gasteiger partial charge in [-0.05, 0) is 49.4 Å². The number of esters is 1. The summed E-state index contributed by atoms with van der Waals surface area (Å²) in [4.78, 5) is 24.1. The molecule has 37 heavy (non-hydrogen) atoms. The van der Waals surface area contributed by atoms with E-state index in [9.17, 15) is 14.7 Å². The summed E-state index contributed by atoms with van der Waals surface area (Å²) in [6, 6.07) is 7.38. The van der Waals surface area contributed by atoms with Crippen molar-refractivity contribution < 1.29 is 38.4 Å². The van der Waals surface area contributed by atoms with Crippen LogP contribution in [0.3, 0.4) is 0 Å². The fourth-order valence-electron chi connectivity index (χ4n) is 4.60. The Kier molecular flexibility index (Phi) is 10.6. The second-order valence-electron chi connectivity index (χ2n) is 8.95. The van der Waals surface area contributed by atoms with Gasteiger partial charge in [0.25, 0.3) is 0 Å². The molecule has 3 rings (SSSR count). The predicted octanol–water partition coefficient (Wildman–Crippen LogP) is 4.49. The maximum absolute atomic E-state index is 12.1. The molecule has 0 saturated carbocycles. The molecule has 0 saturated heterocycles. The summed E-state index contributed by atoms with van der Waals surface area (Å²) in [5.74, 6) is 1.87. The minimum atomic E-state index is -0.592. The van der Waals surface area contributed by atoms with Crippen LogP contribution in [0.25, 0.3) is 0 Å². The molecule has 1 heterocycles. The summed E-state index contributed by atoms with van der Waals surface area (Å²) in [7, 11) is 2.89. The largest absolute Gasteiger partial charge is 0.496 e. The number of methoxy groups -OCH3 is 2. The minimum Gasteiger partial charge on any atom is -0.496 e. The number of fused-ring (bicyclic) bond motifs is 1. The smallest absolute Gasteiger partial charge is 0.347 e. The molecule has 1 atom stereocenters. The highest BCUT2D eigenvalue weighted by Gasteiger charge is 2.29. The number of carbonyl (C=O) groups excluding carboxylic acids is 2. The Hall–Kier alpha value is -3.26. The van der Waals surface area contributed by atoms with Gasteiger partial charge in [0.1, 0.15) is 29.6 Å². The molecule has 1 aliphatic heterocycles. The van der Waals surface area contributed by atoms with Crippen LogP contribution in [0.1, 0.15) is 66.6 Å². The summed E-state index contributed by atoms with van der Waals surface area (Å²) in [6.45, 7) is 4.43. The molecule has 8 nitrogen and oxygen atoms in total. The van der Waals surface area contributed by atoms with Crippen molar-refractivity contribution in [3.8, 4) is 23.0 Å².